The van der Waals surface area contributed by atoms with Gasteiger partial charge in [-0.1, -0.05) is 23.7 Å². The first-order valence-corrected chi connectivity index (χ1v) is 12.1. The highest BCUT2D eigenvalue weighted by Gasteiger charge is 2.57. The average Bonchev–Trinajstić information content (AvgIpc) is 2.70. The van der Waals surface area contributed by atoms with Gasteiger partial charge in [0.1, 0.15) is 11.6 Å². The van der Waals surface area contributed by atoms with Crippen LogP contribution in [0, 0.1) is 11.6 Å². The van der Waals surface area contributed by atoms with Crippen molar-refractivity contribution in [3.63, 3.8) is 0 Å². The lowest BCUT2D eigenvalue weighted by Gasteiger charge is -2.52. The van der Waals surface area contributed by atoms with Crippen molar-refractivity contribution in [2.45, 2.75) is 49.1 Å². The van der Waals surface area contributed by atoms with Gasteiger partial charge in [-0.05, 0) is 67.1 Å². The Morgan fingerprint density at radius 3 is 2.29 bits per heavy atom. The van der Waals surface area contributed by atoms with E-state index >= 15 is 0 Å². The number of rotatable bonds is 9. The van der Waals surface area contributed by atoms with Crippen LogP contribution in [0.1, 0.15) is 36.8 Å². The zero-order valence-electron chi connectivity index (χ0n) is 17.7. The second kappa shape index (κ2) is 9.79. The summed E-state index contributed by atoms with van der Waals surface area (Å²) in [5.74, 6) is -2.78. The topological polar surface area (TPSA) is 74.7 Å². The Balaban J connectivity index is 1.96. The molecule has 3 rings (SSSR count). The second-order valence-corrected chi connectivity index (χ2v) is 10.6. The molecule has 186 valence electrons. The van der Waals surface area contributed by atoms with Gasteiger partial charge in [0, 0.05) is 29.4 Å². The summed E-state index contributed by atoms with van der Waals surface area (Å²) in [4.78, 5) is 10.8. The summed E-state index contributed by atoms with van der Waals surface area (Å²) >= 11 is 5.89. The van der Waals surface area contributed by atoms with E-state index in [4.69, 9.17) is 16.7 Å². The minimum absolute atomic E-state index is 0.0615. The Morgan fingerprint density at radius 2 is 1.74 bits per heavy atom. The van der Waals surface area contributed by atoms with Crippen LogP contribution in [0.3, 0.4) is 0 Å². The van der Waals surface area contributed by atoms with Crippen molar-refractivity contribution >= 4 is 27.6 Å². The molecule has 12 heteroatoms. The zero-order valence-corrected chi connectivity index (χ0v) is 19.2. The van der Waals surface area contributed by atoms with Gasteiger partial charge in [-0.3, -0.25) is 4.79 Å². The third-order valence-electron chi connectivity index (χ3n) is 5.99. The Bertz CT molecular complexity index is 1150. The maximum atomic E-state index is 14.7. The van der Waals surface area contributed by atoms with Crippen molar-refractivity contribution < 1.29 is 40.3 Å². The molecule has 0 aliphatic heterocycles. The molecule has 0 spiro atoms. The molecule has 1 aliphatic carbocycles. The maximum Gasteiger partial charge on any atom is 0.511 e. The fourth-order valence-corrected chi connectivity index (χ4v) is 5.72. The molecule has 0 unspecified atom stereocenters. The van der Waals surface area contributed by atoms with Crippen LogP contribution in [0.5, 0.6) is 0 Å². The van der Waals surface area contributed by atoms with Crippen molar-refractivity contribution in [3.05, 3.63) is 70.2 Å². The number of carboxylic acids is 1. The fraction of sp³-hybridized carbons (Fsp3) is 0.409. The standard InChI is InChI=1S/C22H21ClF5NO4S/c23-15-5-3-14(4-6-15)11-21(18-10-16(24)7-8-19(18)25)12-17(13-21)29(9-1-2-20(30)31)34(32,33)22(26,27)28/h3-8,10,17H,1-2,9,11-13H2,(H,30,31)/t17-,21-. The number of halogens is 6. The van der Waals surface area contributed by atoms with Gasteiger partial charge in [-0.15, -0.1) is 0 Å². The maximum absolute atomic E-state index is 14.7. The number of nitrogens with zero attached hydrogens (tertiary/aromatic N) is 1. The Hall–Kier alpha value is -2.24. The number of benzene rings is 2. The Kier molecular flexibility index (Phi) is 7.59. The number of aliphatic carboxylic acids is 1. The summed E-state index contributed by atoms with van der Waals surface area (Å²) in [6, 6.07) is 8.07. The van der Waals surface area contributed by atoms with Crippen LogP contribution in [0.15, 0.2) is 42.5 Å². The molecular weight excluding hydrogens is 505 g/mol. The largest absolute Gasteiger partial charge is 0.511 e. The SMILES string of the molecule is O=C(O)CCCN([C@H]1C[C@](Cc2ccc(Cl)cc2)(c2cc(F)ccc2F)C1)S(=O)(=O)C(F)(F)F. The van der Waals surface area contributed by atoms with Gasteiger partial charge >= 0.3 is 21.5 Å². The second-order valence-electron chi connectivity index (χ2n) is 8.33. The predicted octanol–water partition coefficient (Wildman–Crippen LogP) is 5.28. The van der Waals surface area contributed by atoms with Gasteiger partial charge in [-0.2, -0.15) is 17.5 Å². The molecule has 1 aliphatic rings. The fourth-order valence-electron chi connectivity index (χ4n) is 4.42. The molecule has 2 aromatic carbocycles. The van der Waals surface area contributed by atoms with Crippen molar-refractivity contribution in [2.75, 3.05) is 6.54 Å². The highest BCUT2D eigenvalue weighted by atomic mass is 35.5. The molecule has 1 fully saturated rings. The smallest absolute Gasteiger partial charge is 0.481 e. The van der Waals surface area contributed by atoms with Gasteiger partial charge < -0.3 is 5.11 Å². The van der Waals surface area contributed by atoms with E-state index in [-0.39, 0.29) is 35.6 Å². The number of carbonyl (C=O) groups is 1. The van der Waals surface area contributed by atoms with Crippen LogP contribution >= 0.6 is 11.6 Å². The number of carboxylic acid groups (broad SMARTS) is 1. The van der Waals surface area contributed by atoms with Crippen molar-refractivity contribution in [3.8, 4) is 0 Å². The third-order valence-corrected chi connectivity index (χ3v) is 7.92. The van der Waals surface area contributed by atoms with Crippen LogP contribution in [-0.4, -0.2) is 41.9 Å². The Morgan fingerprint density at radius 1 is 1.12 bits per heavy atom. The average molecular weight is 526 g/mol. The van der Waals surface area contributed by atoms with Crippen LogP contribution in [0.25, 0.3) is 0 Å². The number of hydrogen-bond acceptors (Lipinski definition) is 3. The Labute approximate surface area is 198 Å². The van der Waals surface area contributed by atoms with E-state index in [1.165, 1.54) is 0 Å². The molecule has 0 amide bonds. The van der Waals surface area contributed by atoms with Gasteiger partial charge in [0.15, 0.2) is 0 Å². The highest BCUT2D eigenvalue weighted by molar-refractivity contribution is 7.90. The van der Waals surface area contributed by atoms with E-state index in [9.17, 15) is 35.2 Å². The van der Waals surface area contributed by atoms with Crippen molar-refractivity contribution in [2.24, 2.45) is 0 Å². The lowest BCUT2D eigenvalue weighted by molar-refractivity contribution is -0.137. The van der Waals surface area contributed by atoms with E-state index < -0.39 is 57.6 Å². The van der Waals surface area contributed by atoms with Gasteiger partial charge in [0.05, 0.1) is 0 Å². The minimum atomic E-state index is -5.77. The summed E-state index contributed by atoms with van der Waals surface area (Å²) in [7, 11) is -5.77. The van der Waals surface area contributed by atoms with Gasteiger partial charge in [0.25, 0.3) is 0 Å². The predicted molar refractivity (Wildman–Crippen MR) is 115 cm³/mol. The normalized spacial score (nSPS) is 20.9. The highest BCUT2D eigenvalue weighted by Crippen LogP contribution is 2.51. The summed E-state index contributed by atoms with van der Waals surface area (Å²) < 4.78 is 93.4. The first-order valence-electron chi connectivity index (χ1n) is 10.2. The van der Waals surface area contributed by atoms with Crippen LogP contribution < -0.4 is 0 Å². The minimum Gasteiger partial charge on any atom is -0.481 e. The van der Waals surface area contributed by atoms with Crippen LogP contribution in [0.2, 0.25) is 5.02 Å². The summed E-state index contributed by atoms with van der Waals surface area (Å²) in [5.41, 5.74) is -6.16. The van der Waals surface area contributed by atoms with E-state index in [2.05, 4.69) is 0 Å². The summed E-state index contributed by atoms with van der Waals surface area (Å²) in [5, 5.41) is 9.23. The molecule has 0 atom stereocenters. The summed E-state index contributed by atoms with van der Waals surface area (Å²) in [6.07, 6.45) is -1.17. The van der Waals surface area contributed by atoms with E-state index in [0.29, 0.717) is 10.6 Å². The number of sulfonamides is 1. The molecule has 0 heterocycles. The van der Waals surface area contributed by atoms with Gasteiger partial charge in [0.2, 0.25) is 0 Å². The summed E-state index contributed by atoms with van der Waals surface area (Å²) in [6.45, 7) is -0.665. The molecule has 0 saturated heterocycles. The quantitative estimate of drug-likeness (QED) is 0.452. The molecule has 0 aromatic heterocycles. The zero-order chi connectivity index (χ0) is 25.3. The molecular formula is C22H21ClF5NO4S. The van der Waals surface area contributed by atoms with Gasteiger partial charge in [-0.25, -0.2) is 17.2 Å². The first kappa shape index (κ1) is 26.4. The first-order chi connectivity index (χ1) is 15.7. The lowest BCUT2D eigenvalue weighted by atomic mass is 9.58. The number of hydrogen-bond donors (Lipinski definition) is 1. The van der Waals surface area contributed by atoms with Crippen molar-refractivity contribution in [1.29, 1.82) is 0 Å². The van der Waals surface area contributed by atoms with Crippen LogP contribution in [0.4, 0.5) is 22.0 Å². The molecule has 1 N–H and O–H groups in total. The molecule has 2 aromatic rings. The molecule has 1 saturated carbocycles. The lowest BCUT2D eigenvalue weighted by Crippen LogP contribution is -2.58. The molecule has 5 nitrogen and oxygen atoms in total. The molecule has 0 bridgehead atoms. The monoisotopic (exact) mass is 525 g/mol. The molecule has 0 radical (unpaired) electrons. The molecule has 34 heavy (non-hydrogen) atoms. The van der Waals surface area contributed by atoms with E-state index in [0.717, 1.165) is 18.2 Å². The number of alkyl halides is 3. The van der Waals surface area contributed by atoms with Crippen molar-refractivity contribution in [1.82, 2.24) is 4.31 Å². The third kappa shape index (κ3) is 5.52. The van der Waals surface area contributed by atoms with E-state index in [1.807, 2.05) is 0 Å². The van der Waals surface area contributed by atoms with E-state index in [1.54, 1.807) is 24.3 Å². The van der Waals surface area contributed by atoms with Crippen LogP contribution in [-0.2, 0) is 26.7 Å².